The Morgan fingerprint density at radius 3 is 2.43 bits per heavy atom. The van der Waals surface area contributed by atoms with Gasteiger partial charge in [-0.3, -0.25) is 4.90 Å². The molecular formula is C16H20ClNO4S. The Morgan fingerprint density at radius 2 is 1.91 bits per heavy atom. The SMILES string of the molecule is CC(C)(C)OC(=O)N1C[C@H](Sc2ccc(Cl)cc2)C[C@H]1C(=O)O. The fourth-order valence-corrected chi connectivity index (χ4v) is 3.66. The zero-order valence-corrected chi connectivity index (χ0v) is 14.9. The summed E-state index contributed by atoms with van der Waals surface area (Å²) in [4.78, 5) is 26.0. The Morgan fingerprint density at radius 1 is 1.30 bits per heavy atom. The molecule has 2 atom stereocenters. The van der Waals surface area contributed by atoms with Gasteiger partial charge in [-0.2, -0.15) is 0 Å². The molecule has 0 bridgehead atoms. The van der Waals surface area contributed by atoms with Gasteiger partial charge >= 0.3 is 12.1 Å². The van der Waals surface area contributed by atoms with Crippen LogP contribution in [-0.4, -0.2) is 45.5 Å². The summed E-state index contributed by atoms with van der Waals surface area (Å²) in [6.07, 6.45) is -0.189. The Labute approximate surface area is 144 Å². The molecule has 1 saturated heterocycles. The lowest BCUT2D eigenvalue weighted by Crippen LogP contribution is -2.43. The lowest BCUT2D eigenvalue weighted by molar-refractivity contribution is -0.142. The third kappa shape index (κ3) is 5.04. The molecule has 1 aromatic carbocycles. The monoisotopic (exact) mass is 357 g/mol. The fraction of sp³-hybridized carbons (Fsp3) is 0.500. The number of carboxylic acid groups (broad SMARTS) is 1. The van der Waals surface area contributed by atoms with E-state index in [0.717, 1.165) is 4.90 Å². The number of benzene rings is 1. The molecule has 5 nitrogen and oxygen atoms in total. The Bertz CT molecular complexity index is 585. The Hall–Kier alpha value is -1.40. The van der Waals surface area contributed by atoms with Crippen molar-refractivity contribution in [2.45, 2.75) is 49.0 Å². The van der Waals surface area contributed by atoms with E-state index in [1.165, 1.54) is 4.90 Å². The van der Waals surface area contributed by atoms with Gasteiger partial charge in [0.2, 0.25) is 0 Å². The minimum atomic E-state index is -1.00. The van der Waals surface area contributed by atoms with Crippen LogP contribution in [-0.2, 0) is 9.53 Å². The number of likely N-dealkylation sites (tertiary alicyclic amines) is 1. The van der Waals surface area contributed by atoms with E-state index < -0.39 is 23.7 Å². The molecule has 0 aromatic heterocycles. The number of amides is 1. The van der Waals surface area contributed by atoms with Crippen molar-refractivity contribution in [2.75, 3.05) is 6.54 Å². The zero-order chi connectivity index (χ0) is 17.2. The molecule has 1 N–H and O–H groups in total. The number of carbonyl (C=O) groups is 2. The number of nitrogens with zero attached hydrogens (tertiary/aromatic N) is 1. The van der Waals surface area contributed by atoms with E-state index >= 15 is 0 Å². The lowest BCUT2D eigenvalue weighted by atomic mass is 10.2. The molecule has 0 spiro atoms. The third-order valence-electron chi connectivity index (χ3n) is 3.29. The first-order valence-corrected chi connectivity index (χ1v) is 8.56. The average Bonchev–Trinajstić information content (AvgIpc) is 2.84. The summed E-state index contributed by atoms with van der Waals surface area (Å²) >= 11 is 7.41. The second kappa shape index (κ2) is 7.01. The van der Waals surface area contributed by atoms with Gasteiger partial charge in [0.05, 0.1) is 0 Å². The standard InChI is InChI=1S/C16H20ClNO4S/c1-16(2,3)22-15(21)18-9-12(8-13(18)14(19)20)23-11-6-4-10(17)5-7-11/h4-7,12-13H,8-9H2,1-3H3,(H,19,20)/t12-,13+/m1/s1. The molecule has 1 aromatic rings. The zero-order valence-electron chi connectivity index (χ0n) is 13.3. The van der Waals surface area contributed by atoms with Gasteiger partial charge in [-0.05, 0) is 51.5 Å². The highest BCUT2D eigenvalue weighted by molar-refractivity contribution is 8.00. The molecule has 1 amide bonds. The fourth-order valence-electron chi connectivity index (χ4n) is 2.34. The van der Waals surface area contributed by atoms with E-state index in [2.05, 4.69) is 0 Å². The highest BCUT2D eigenvalue weighted by atomic mass is 35.5. The molecular weight excluding hydrogens is 338 g/mol. The maximum Gasteiger partial charge on any atom is 0.411 e. The quantitative estimate of drug-likeness (QED) is 0.888. The molecule has 1 heterocycles. The van der Waals surface area contributed by atoms with Crippen molar-refractivity contribution in [3.05, 3.63) is 29.3 Å². The average molecular weight is 358 g/mol. The van der Waals surface area contributed by atoms with Gasteiger partial charge in [0.25, 0.3) is 0 Å². The second-order valence-electron chi connectivity index (χ2n) is 6.42. The van der Waals surface area contributed by atoms with Gasteiger partial charge in [0.1, 0.15) is 11.6 Å². The largest absolute Gasteiger partial charge is 0.480 e. The van der Waals surface area contributed by atoms with Crippen LogP contribution >= 0.6 is 23.4 Å². The molecule has 0 aliphatic carbocycles. The summed E-state index contributed by atoms with van der Waals surface area (Å²) in [6.45, 7) is 5.63. The molecule has 1 fully saturated rings. The highest BCUT2D eigenvalue weighted by Gasteiger charge is 2.41. The van der Waals surface area contributed by atoms with Crippen molar-refractivity contribution in [3.63, 3.8) is 0 Å². The number of ether oxygens (including phenoxy) is 1. The van der Waals surface area contributed by atoms with Crippen LogP contribution in [0.2, 0.25) is 5.02 Å². The number of hydrogen-bond donors (Lipinski definition) is 1. The molecule has 2 rings (SSSR count). The number of halogens is 1. The van der Waals surface area contributed by atoms with Crippen LogP contribution < -0.4 is 0 Å². The van der Waals surface area contributed by atoms with Gasteiger partial charge in [0.15, 0.2) is 0 Å². The van der Waals surface area contributed by atoms with E-state index in [1.807, 2.05) is 12.1 Å². The topological polar surface area (TPSA) is 66.8 Å². The van der Waals surface area contributed by atoms with Gasteiger partial charge in [-0.25, -0.2) is 9.59 Å². The van der Waals surface area contributed by atoms with E-state index in [9.17, 15) is 14.7 Å². The summed E-state index contributed by atoms with van der Waals surface area (Å²) in [6, 6.07) is 6.51. The molecule has 23 heavy (non-hydrogen) atoms. The summed E-state index contributed by atoms with van der Waals surface area (Å²) in [5.41, 5.74) is -0.651. The molecule has 126 valence electrons. The lowest BCUT2D eigenvalue weighted by Gasteiger charge is -2.26. The van der Waals surface area contributed by atoms with Crippen molar-refractivity contribution >= 4 is 35.4 Å². The normalized spacial score (nSPS) is 21.3. The third-order valence-corrected chi connectivity index (χ3v) is 4.76. The van der Waals surface area contributed by atoms with Gasteiger partial charge in [-0.1, -0.05) is 11.6 Å². The summed E-state index contributed by atoms with van der Waals surface area (Å²) in [7, 11) is 0. The number of rotatable bonds is 3. The van der Waals surface area contributed by atoms with Crippen LogP contribution in [0.5, 0.6) is 0 Å². The minimum Gasteiger partial charge on any atom is -0.480 e. The summed E-state index contributed by atoms with van der Waals surface area (Å²) < 4.78 is 5.31. The molecule has 0 unspecified atom stereocenters. The van der Waals surface area contributed by atoms with Gasteiger partial charge < -0.3 is 9.84 Å². The number of carboxylic acids is 1. The van der Waals surface area contributed by atoms with Crippen LogP contribution in [0.3, 0.4) is 0 Å². The van der Waals surface area contributed by atoms with Crippen LogP contribution in [0.25, 0.3) is 0 Å². The molecule has 0 saturated carbocycles. The second-order valence-corrected chi connectivity index (χ2v) is 8.23. The van der Waals surface area contributed by atoms with Crippen molar-refractivity contribution in [1.82, 2.24) is 4.90 Å². The molecule has 1 aliphatic rings. The number of thioether (sulfide) groups is 1. The summed E-state index contributed by atoms with van der Waals surface area (Å²) in [5.74, 6) is -1.00. The van der Waals surface area contributed by atoms with Gasteiger partial charge in [0, 0.05) is 21.7 Å². The van der Waals surface area contributed by atoms with Crippen molar-refractivity contribution in [1.29, 1.82) is 0 Å². The van der Waals surface area contributed by atoms with Crippen LogP contribution in [0.1, 0.15) is 27.2 Å². The Balaban J connectivity index is 2.06. The molecule has 1 aliphatic heterocycles. The van der Waals surface area contributed by atoms with E-state index in [1.54, 1.807) is 44.7 Å². The maximum atomic E-state index is 12.2. The van der Waals surface area contributed by atoms with E-state index in [0.29, 0.717) is 18.0 Å². The first-order chi connectivity index (χ1) is 10.7. The smallest absolute Gasteiger partial charge is 0.411 e. The number of aliphatic carboxylic acids is 1. The van der Waals surface area contributed by atoms with Gasteiger partial charge in [-0.15, -0.1) is 11.8 Å². The van der Waals surface area contributed by atoms with Crippen molar-refractivity contribution < 1.29 is 19.4 Å². The van der Waals surface area contributed by atoms with Crippen LogP contribution in [0, 0.1) is 0 Å². The Kier molecular flexibility index (Phi) is 5.47. The number of carbonyl (C=O) groups excluding carboxylic acids is 1. The van der Waals surface area contributed by atoms with Crippen molar-refractivity contribution in [3.8, 4) is 0 Å². The van der Waals surface area contributed by atoms with Crippen molar-refractivity contribution in [2.24, 2.45) is 0 Å². The van der Waals surface area contributed by atoms with Crippen LogP contribution in [0.4, 0.5) is 4.79 Å². The highest BCUT2D eigenvalue weighted by Crippen LogP contribution is 2.34. The van der Waals surface area contributed by atoms with E-state index in [-0.39, 0.29) is 5.25 Å². The van der Waals surface area contributed by atoms with Crippen LogP contribution in [0.15, 0.2) is 29.2 Å². The first-order valence-electron chi connectivity index (χ1n) is 7.30. The number of hydrogen-bond acceptors (Lipinski definition) is 4. The molecule has 7 heteroatoms. The first kappa shape index (κ1) is 17.9. The predicted molar refractivity (Wildman–Crippen MR) is 90.1 cm³/mol. The minimum absolute atomic E-state index is 0.00444. The van der Waals surface area contributed by atoms with E-state index in [4.69, 9.17) is 16.3 Å². The molecule has 0 radical (unpaired) electrons. The summed E-state index contributed by atoms with van der Waals surface area (Å²) in [5, 5.41) is 10.0. The predicted octanol–water partition coefficient (Wildman–Crippen LogP) is 3.89. The maximum absolute atomic E-state index is 12.2.